The first-order valence-corrected chi connectivity index (χ1v) is 8.67. The summed E-state index contributed by atoms with van der Waals surface area (Å²) in [6.45, 7) is 7.56. The number of nitrogens with two attached hydrogens (primary N) is 1. The minimum Gasteiger partial charge on any atom is -0.492 e. The quantitative estimate of drug-likeness (QED) is 0.838. The lowest BCUT2D eigenvalue weighted by Gasteiger charge is -2.33. The summed E-state index contributed by atoms with van der Waals surface area (Å²) in [5, 5.41) is 3.15. The minimum absolute atomic E-state index is 0.0496. The van der Waals surface area contributed by atoms with Gasteiger partial charge in [0.15, 0.2) is 0 Å². The van der Waals surface area contributed by atoms with Crippen molar-refractivity contribution >= 4 is 5.91 Å². The number of fused-ring (bicyclic) bond motifs is 1. The number of ether oxygens (including phenoxy) is 2. The summed E-state index contributed by atoms with van der Waals surface area (Å²) < 4.78 is 11.3. The molecule has 0 spiro atoms. The van der Waals surface area contributed by atoms with Gasteiger partial charge < -0.3 is 20.5 Å². The van der Waals surface area contributed by atoms with Gasteiger partial charge in [0.05, 0.1) is 12.7 Å². The maximum Gasteiger partial charge on any atom is 0.251 e. The Morgan fingerprint density at radius 1 is 1.46 bits per heavy atom. The monoisotopic (exact) mass is 333 g/mol. The van der Waals surface area contributed by atoms with Crippen LogP contribution in [-0.4, -0.2) is 61.8 Å². The third kappa shape index (κ3) is 3.88. The van der Waals surface area contributed by atoms with Crippen LogP contribution in [0.4, 0.5) is 0 Å². The molecule has 1 aromatic carbocycles. The van der Waals surface area contributed by atoms with Gasteiger partial charge >= 0.3 is 0 Å². The molecule has 2 aliphatic heterocycles. The smallest absolute Gasteiger partial charge is 0.251 e. The van der Waals surface area contributed by atoms with E-state index < -0.39 is 0 Å². The number of carbonyl (C=O) groups excluding carboxylic acids is 1. The van der Waals surface area contributed by atoms with E-state index in [1.54, 1.807) is 6.07 Å². The van der Waals surface area contributed by atoms with Crippen LogP contribution in [0.1, 0.15) is 29.3 Å². The summed E-state index contributed by atoms with van der Waals surface area (Å²) in [7, 11) is 0. The lowest BCUT2D eigenvalue weighted by atomic mass is 10.1. The zero-order valence-corrected chi connectivity index (χ0v) is 14.5. The number of benzene rings is 1. The Labute approximate surface area is 143 Å². The van der Waals surface area contributed by atoms with Crippen molar-refractivity contribution in [2.45, 2.75) is 38.5 Å². The number of nitrogens with one attached hydrogen (secondary N) is 1. The Hall–Kier alpha value is -1.63. The second-order valence-electron chi connectivity index (χ2n) is 6.78. The highest BCUT2D eigenvalue weighted by Crippen LogP contribution is 2.24. The average molecular weight is 333 g/mol. The van der Waals surface area contributed by atoms with Gasteiger partial charge in [0.1, 0.15) is 12.4 Å². The molecule has 0 saturated carbocycles. The molecule has 24 heavy (non-hydrogen) atoms. The maximum absolute atomic E-state index is 12.6. The van der Waals surface area contributed by atoms with Gasteiger partial charge in [0.25, 0.3) is 5.91 Å². The zero-order valence-electron chi connectivity index (χ0n) is 14.5. The second-order valence-corrected chi connectivity index (χ2v) is 6.78. The third-order valence-corrected chi connectivity index (χ3v) is 4.75. The van der Waals surface area contributed by atoms with Gasteiger partial charge in [-0.1, -0.05) is 6.07 Å². The maximum atomic E-state index is 12.6. The predicted octanol–water partition coefficient (Wildman–Crippen LogP) is 0.924. The van der Waals surface area contributed by atoms with Gasteiger partial charge in [0.2, 0.25) is 0 Å². The number of aryl methyl sites for hydroxylation is 1. The first-order valence-electron chi connectivity index (χ1n) is 8.67. The van der Waals surface area contributed by atoms with Crippen LogP contribution >= 0.6 is 0 Å². The summed E-state index contributed by atoms with van der Waals surface area (Å²) in [5.41, 5.74) is 7.11. The molecule has 3 N–H and O–H groups in total. The summed E-state index contributed by atoms with van der Waals surface area (Å²) >= 11 is 0. The van der Waals surface area contributed by atoms with Gasteiger partial charge in [-0.3, -0.25) is 9.69 Å². The number of hydrogen-bond donors (Lipinski definition) is 2. The van der Waals surface area contributed by atoms with Crippen LogP contribution in [0.15, 0.2) is 18.2 Å². The van der Waals surface area contributed by atoms with Crippen LogP contribution in [0.3, 0.4) is 0 Å². The van der Waals surface area contributed by atoms with Crippen molar-refractivity contribution in [3.63, 3.8) is 0 Å². The third-order valence-electron chi connectivity index (χ3n) is 4.75. The lowest BCUT2D eigenvalue weighted by molar-refractivity contribution is -0.0390. The van der Waals surface area contributed by atoms with Gasteiger partial charge in [-0.05, 0) is 38.0 Å². The van der Waals surface area contributed by atoms with E-state index in [4.69, 9.17) is 15.2 Å². The van der Waals surface area contributed by atoms with Crippen molar-refractivity contribution in [3.05, 3.63) is 29.3 Å². The molecule has 0 bridgehead atoms. The fourth-order valence-electron chi connectivity index (χ4n) is 3.48. The van der Waals surface area contributed by atoms with Crippen LogP contribution in [0.5, 0.6) is 5.75 Å². The van der Waals surface area contributed by atoms with Gasteiger partial charge in [0, 0.05) is 37.3 Å². The largest absolute Gasteiger partial charge is 0.492 e. The van der Waals surface area contributed by atoms with Crippen molar-refractivity contribution in [2.75, 3.05) is 32.8 Å². The topological polar surface area (TPSA) is 76.8 Å². The van der Waals surface area contributed by atoms with Crippen molar-refractivity contribution in [1.82, 2.24) is 10.2 Å². The van der Waals surface area contributed by atoms with E-state index in [0.717, 1.165) is 37.4 Å². The zero-order chi connectivity index (χ0) is 17.1. The molecule has 1 aromatic rings. The lowest BCUT2D eigenvalue weighted by Crippen LogP contribution is -2.45. The molecule has 6 nitrogen and oxygen atoms in total. The standard InChI is InChI=1S/C18H27N3O3/c1-12-3-4-14(7-17(12)23-6-5-19)18(22)20-15-8-16-11-24-13(2)9-21(16)10-15/h3-4,7,13,15-16H,5-6,8-11,19H2,1-2H3,(H,20,22)/t13-,15+,16-/m0/s1. The number of morpholine rings is 1. The molecule has 0 unspecified atom stereocenters. The number of carbonyl (C=O) groups is 1. The molecule has 2 aliphatic rings. The molecule has 3 rings (SSSR count). The van der Waals surface area contributed by atoms with E-state index in [1.165, 1.54) is 0 Å². The Bertz CT molecular complexity index is 593. The summed E-state index contributed by atoms with van der Waals surface area (Å²) in [6, 6.07) is 6.15. The highest BCUT2D eigenvalue weighted by Gasteiger charge is 2.36. The minimum atomic E-state index is -0.0496. The Morgan fingerprint density at radius 3 is 3.08 bits per heavy atom. The van der Waals surface area contributed by atoms with Crippen molar-refractivity contribution in [1.29, 1.82) is 0 Å². The van der Waals surface area contributed by atoms with Crippen molar-refractivity contribution in [3.8, 4) is 5.75 Å². The number of amides is 1. The Morgan fingerprint density at radius 2 is 2.29 bits per heavy atom. The highest BCUT2D eigenvalue weighted by atomic mass is 16.5. The van der Waals surface area contributed by atoms with E-state index in [1.807, 2.05) is 19.1 Å². The van der Waals surface area contributed by atoms with E-state index in [9.17, 15) is 4.79 Å². The predicted molar refractivity (Wildman–Crippen MR) is 92.4 cm³/mol. The van der Waals surface area contributed by atoms with Gasteiger partial charge in [-0.15, -0.1) is 0 Å². The molecule has 0 aliphatic carbocycles. The van der Waals surface area contributed by atoms with E-state index in [2.05, 4.69) is 17.1 Å². The Kier molecular flexibility index (Phi) is 5.38. The average Bonchev–Trinajstić information content (AvgIpc) is 2.95. The van der Waals surface area contributed by atoms with Crippen molar-refractivity contribution in [2.24, 2.45) is 5.73 Å². The van der Waals surface area contributed by atoms with E-state index in [0.29, 0.717) is 24.8 Å². The molecule has 0 aromatic heterocycles. The number of rotatable bonds is 5. The van der Waals surface area contributed by atoms with E-state index in [-0.39, 0.29) is 18.1 Å². The van der Waals surface area contributed by atoms with Crippen LogP contribution in [-0.2, 0) is 4.74 Å². The van der Waals surface area contributed by atoms with Crippen LogP contribution in [0, 0.1) is 6.92 Å². The van der Waals surface area contributed by atoms with Crippen molar-refractivity contribution < 1.29 is 14.3 Å². The molecular weight excluding hydrogens is 306 g/mol. The molecule has 3 atom stereocenters. The summed E-state index contributed by atoms with van der Waals surface area (Å²) in [4.78, 5) is 15.0. The molecule has 1 amide bonds. The molecule has 2 saturated heterocycles. The van der Waals surface area contributed by atoms with E-state index >= 15 is 0 Å². The van der Waals surface area contributed by atoms with Gasteiger partial charge in [-0.2, -0.15) is 0 Å². The van der Waals surface area contributed by atoms with Crippen LogP contribution < -0.4 is 15.8 Å². The normalized spacial score (nSPS) is 26.9. The second kappa shape index (κ2) is 7.51. The fourth-order valence-corrected chi connectivity index (χ4v) is 3.48. The van der Waals surface area contributed by atoms with Crippen LogP contribution in [0.2, 0.25) is 0 Å². The Balaban J connectivity index is 1.61. The van der Waals surface area contributed by atoms with Gasteiger partial charge in [-0.25, -0.2) is 0 Å². The molecule has 2 fully saturated rings. The fraction of sp³-hybridized carbons (Fsp3) is 0.611. The first kappa shape index (κ1) is 17.2. The molecule has 0 radical (unpaired) electrons. The first-order chi connectivity index (χ1) is 11.6. The summed E-state index contributed by atoms with van der Waals surface area (Å²) in [5.74, 6) is 0.672. The highest BCUT2D eigenvalue weighted by molar-refractivity contribution is 5.95. The number of hydrogen-bond acceptors (Lipinski definition) is 5. The van der Waals surface area contributed by atoms with Crippen LogP contribution in [0.25, 0.3) is 0 Å². The molecular formula is C18H27N3O3. The SMILES string of the molecule is Cc1ccc(C(=O)N[C@@H]2C[C@H]3CO[C@@H](C)CN3C2)cc1OCCN. The number of nitrogens with zero attached hydrogens (tertiary/aromatic N) is 1. The molecule has 2 heterocycles. The summed E-state index contributed by atoms with van der Waals surface area (Å²) in [6.07, 6.45) is 1.22. The molecule has 132 valence electrons. The molecule has 6 heteroatoms.